The van der Waals surface area contributed by atoms with Crippen molar-refractivity contribution in [1.29, 1.82) is 0 Å². The molecule has 15 heavy (non-hydrogen) atoms. The fourth-order valence-corrected chi connectivity index (χ4v) is 1.22. The fraction of sp³-hybridized carbons (Fsp3) is 0.250. The lowest BCUT2D eigenvalue weighted by molar-refractivity contribution is -0.118. The number of amides is 1. The minimum atomic E-state index is -0.121. The van der Waals surface area contributed by atoms with Gasteiger partial charge in [-0.3, -0.25) is 4.79 Å². The molecular weight excluding hydrogens is 210 g/mol. The van der Waals surface area contributed by atoms with Crippen LogP contribution >= 0.6 is 11.6 Å². The van der Waals surface area contributed by atoms with Crippen LogP contribution in [-0.2, 0) is 4.79 Å². The van der Waals surface area contributed by atoms with Gasteiger partial charge in [-0.1, -0.05) is 42.5 Å². The van der Waals surface area contributed by atoms with Crippen LogP contribution in [0.4, 0.5) is 0 Å². The summed E-state index contributed by atoms with van der Waals surface area (Å²) in [4.78, 5) is 10.8. The number of hydrogen-bond donors (Lipinski definition) is 1. The Balaban J connectivity index is 2.20. The van der Waals surface area contributed by atoms with Gasteiger partial charge in [-0.2, -0.15) is 0 Å². The third kappa shape index (κ3) is 5.23. The summed E-state index contributed by atoms with van der Waals surface area (Å²) in [5.74, 6) is -0.0904. The topological polar surface area (TPSA) is 29.1 Å². The first-order valence-electron chi connectivity index (χ1n) is 4.87. The molecule has 0 aliphatic heterocycles. The normalized spacial score (nSPS) is 10.5. The maximum absolute atomic E-state index is 10.8. The van der Waals surface area contributed by atoms with Gasteiger partial charge in [0.15, 0.2) is 0 Å². The smallest absolute Gasteiger partial charge is 0.234 e. The SMILES string of the molecule is O=C(CCl)NCC/C=C/c1ccccc1. The highest BCUT2D eigenvalue weighted by molar-refractivity contribution is 6.27. The molecule has 0 heterocycles. The van der Waals surface area contributed by atoms with Gasteiger partial charge < -0.3 is 5.32 Å². The predicted octanol–water partition coefficient (Wildman–Crippen LogP) is 2.44. The van der Waals surface area contributed by atoms with Crippen molar-refractivity contribution in [3.63, 3.8) is 0 Å². The van der Waals surface area contributed by atoms with Gasteiger partial charge in [0.2, 0.25) is 5.91 Å². The summed E-state index contributed by atoms with van der Waals surface area (Å²) < 4.78 is 0. The van der Waals surface area contributed by atoms with Crippen LogP contribution in [0.1, 0.15) is 12.0 Å². The summed E-state index contributed by atoms with van der Waals surface area (Å²) in [6.07, 6.45) is 4.88. The molecule has 3 heteroatoms. The van der Waals surface area contributed by atoms with E-state index in [0.29, 0.717) is 6.54 Å². The first-order chi connectivity index (χ1) is 7.33. The summed E-state index contributed by atoms with van der Waals surface area (Å²) in [5, 5.41) is 2.70. The minimum absolute atomic E-state index is 0.0302. The first kappa shape index (κ1) is 11.8. The van der Waals surface area contributed by atoms with Gasteiger partial charge in [-0.05, 0) is 12.0 Å². The molecule has 0 saturated carbocycles. The molecule has 0 aliphatic rings. The lowest BCUT2D eigenvalue weighted by atomic mass is 10.2. The van der Waals surface area contributed by atoms with Crippen molar-refractivity contribution in [2.75, 3.05) is 12.4 Å². The second kappa shape index (κ2) is 7.07. The van der Waals surface area contributed by atoms with Crippen LogP contribution in [0.25, 0.3) is 6.08 Å². The van der Waals surface area contributed by atoms with Crippen molar-refractivity contribution >= 4 is 23.6 Å². The van der Waals surface area contributed by atoms with E-state index in [0.717, 1.165) is 6.42 Å². The molecule has 0 unspecified atom stereocenters. The lowest BCUT2D eigenvalue weighted by Gasteiger charge is -1.98. The average molecular weight is 224 g/mol. The molecule has 1 rings (SSSR count). The molecule has 0 bridgehead atoms. The number of carbonyl (C=O) groups is 1. The zero-order chi connectivity index (χ0) is 10.9. The van der Waals surface area contributed by atoms with Gasteiger partial charge in [0.1, 0.15) is 5.88 Å². The number of benzene rings is 1. The largest absolute Gasteiger partial charge is 0.355 e. The zero-order valence-corrected chi connectivity index (χ0v) is 9.20. The van der Waals surface area contributed by atoms with Gasteiger partial charge in [-0.15, -0.1) is 11.6 Å². The Morgan fingerprint density at radius 3 is 2.73 bits per heavy atom. The van der Waals surface area contributed by atoms with E-state index in [-0.39, 0.29) is 11.8 Å². The molecule has 0 aliphatic carbocycles. The molecule has 1 aromatic carbocycles. The predicted molar refractivity (Wildman–Crippen MR) is 63.8 cm³/mol. The van der Waals surface area contributed by atoms with Crippen molar-refractivity contribution in [2.24, 2.45) is 0 Å². The monoisotopic (exact) mass is 223 g/mol. The molecule has 1 aromatic rings. The standard InChI is InChI=1S/C12H14ClNO/c13-10-12(15)14-9-5-4-8-11-6-2-1-3-7-11/h1-4,6-8H,5,9-10H2,(H,14,15)/b8-4+. The van der Waals surface area contributed by atoms with Gasteiger partial charge >= 0.3 is 0 Å². The lowest BCUT2D eigenvalue weighted by Crippen LogP contribution is -2.24. The molecule has 0 aromatic heterocycles. The summed E-state index contributed by atoms with van der Waals surface area (Å²) in [6, 6.07) is 10.0. The van der Waals surface area contributed by atoms with E-state index < -0.39 is 0 Å². The summed E-state index contributed by atoms with van der Waals surface area (Å²) >= 11 is 5.33. The van der Waals surface area contributed by atoms with Gasteiger partial charge in [0.25, 0.3) is 0 Å². The second-order valence-corrected chi connectivity index (χ2v) is 3.35. The van der Waals surface area contributed by atoms with Crippen molar-refractivity contribution in [1.82, 2.24) is 5.32 Å². The molecule has 0 radical (unpaired) electrons. The molecule has 0 atom stereocenters. The highest BCUT2D eigenvalue weighted by Gasteiger charge is 1.93. The average Bonchev–Trinajstić information content (AvgIpc) is 2.29. The van der Waals surface area contributed by atoms with Crippen LogP contribution in [-0.4, -0.2) is 18.3 Å². The van der Waals surface area contributed by atoms with Crippen molar-refractivity contribution < 1.29 is 4.79 Å². The Labute approximate surface area is 94.9 Å². The van der Waals surface area contributed by atoms with Crippen molar-refractivity contribution in [3.8, 4) is 0 Å². The van der Waals surface area contributed by atoms with Crippen LogP contribution in [0.15, 0.2) is 36.4 Å². The van der Waals surface area contributed by atoms with E-state index in [9.17, 15) is 4.79 Å². The fourth-order valence-electron chi connectivity index (χ4n) is 1.13. The number of halogens is 1. The second-order valence-electron chi connectivity index (χ2n) is 3.09. The molecular formula is C12H14ClNO. The van der Waals surface area contributed by atoms with Crippen molar-refractivity contribution in [2.45, 2.75) is 6.42 Å². The number of rotatable bonds is 5. The maximum atomic E-state index is 10.8. The van der Waals surface area contributed by atoms with E-state index in [2.05, 4.69) is 5.32 Å². The van der Waals surface area contributed by atoms with Crippen molar-refractivity contribution in [3.05, 3.63) is 42.0 Å². The van der Waals surface area contributed by atoms with Crippen LogP contribution < -0.4 is 5.32 Å². The molecule has 0 fully saturated rings. The van der Waals surface area contributed by atoms with E-state index in [4.69, 9.17) is 11.6 Å². The van der Waals surface area contributed by atoms with E-state index in [1.807, 2.05) is 42.5 Å². The summed E-state index contributed by atoms with van der Waals surface area (Å²) in [5.41, 5.74) is 1.17. The Morgan fingerprint density at radius 2 is 2.07 bits per heavy atom. The van der Waals surface area contributed by atoms with E-state index in [1.165, 1.54) is 5.56 Å². The van der Waals surface area contributed by atoms with Crippen LogP contribution in [0.5, 0.6) is 0 Å². The quantitative estimate of drug-likeness (QED) is 0.603. The Morgan fingerprint density at radius 1 is 1.33 bits per heavy atom. The van der Waals surface area contributed by atoms with Crippen LogP contribution in [0.3, 0.4) is 0 Å². The molecule has 0 saturated heterocycles. The van der Waals surface area contributed by atoms with E-state index in [1.54, 1.807) is 0 Å². The van der Waals surface area contributed by atoms with Crippen LogP contribution in [0.2, 0.25) is 0 Å². The Bertz CT molecular complexity index is 322. The molecule has 1 N–H and O–H groups in total. The zero-order valence-electron chi connectivity index (χ0n) is 8.45. The number of hydrogen-bond acceptors (Lipinski definition) is 1. The third-order valence-corrected chi connectivity index (χ3v) is 2.11. The highest BCUT2D eigenvalue weighted by atomic mass is 35.5. The molecule has 1 amide bonds. The van der Waals surface area contributed by atoms with Gasteiger partial charge in [0.05, 0.1) is 0 Å². The summed E-state index contributed by atoms with van der Waals surface area (Å²) in [7, 11) is 0. The Kier molecular flexibility index (Phi) is 5.56. The Hall–Kier alpha value is -1.28. The minimum Gasteiger partial charge on any atom is -0.355 e. The number of carbonyl (C=O) groups excluding carboxylic acids is 1. The van der Waals surface area contributed by atoms with Gasteiger partial charge in [0, 0.05) is 6.54 Å². The van der Waals surface area contributed by atoms with E-state index >= 15 is 0 Å². The summed E-state index contributed by atoms with van der Waals surface area (Å²) in [6.45, 7) is 0.634. The maximum Gasteiger partial charge on any atom is 0.234 e. The number of nitrogens with one attached hydrogen (secondary N) is 1. The van der Waals surface area contributed by atoms with Crippen LogP contribution in [0, 0.1) is 0 Å². The molecule has 80 valence electrons. The first-order valence-corrected chi connectivity index (χ1v) is 5.40. The number of alkyl halides is 1. The highest BCUT2D eigenvalue weighted by Crippen LogP contribution is 2.01. The van der Waals surface area contributed by atoms with Gasteiger partial charge in [-0.25, -0.2) is 0 Å². The third-order valence-electron chi connectivity index (χ3n) is 1.86. The molecule has 2 nitrogen and oxygen atoms in total. The molecule has 0 spiro atoms.